The van der Waals surface area contributed by atoms with Crippen LogP contribution in [0.3, 0.4) is 0 Å². The first-order valence-electron chi connectivity index (χ1n) is 9.06. The van der Waals surface area contributed by atoms with E-state index in [2.05, 4.69) is 19.6 Å². The van der Waals surface area contributed by atoms with Crippen molar-refractivity contribution in [1.82, 2.24) is 14.5 Å². The first-order valence-corrected chi connectivity index (χ1v) is 9.06. The zero-order valence-electron chi connectivity index (χ0n) is 15.3. The molecule has 0 bridgehead atoms. The Labute approximate surface area is 161 Å². The molecular weight excluding hydrogens is 350 g/mol. The van der Waals surface area contributed by atoms with E-state index in [1.54, 1.807) is 12.4 Å². The summed E-state index contributed by atoms with van der Waals surface area (Å²) >= 11 is 0. The van der Waals surface area contributed by atoms with Crippen molar-refractivity contribution in [1.29, 1.82) is 0 Å². The predicted molar refractivity (Wildman–Crippen MR) is 109 cm³/mol. The van der Waals surface area contributed by atoms with E-state index in [9.17, 15) is 4.79 Å². The standard InChI is InChI=1S/C22H17N5O/c1-15-24-20-14-23-12-11-21(20)26(15)17-9-7-16(8-10-17)19-13-22(28)27(25-19)18-5-3-2-4-6-18/h2-12,14H,13H2,1H3. The van der Waals surface area contributed by atoms with E-state index in [4.69, 9.17) is 0 Å². The Kier molecular flexibility index (Phi) is 3.76. The van der Waals surface area contributed by atoms with Crippen LogP contribution in [0.25, 0.3) is 16.7 Å². The molecule has 28 heavy (non-hydrogen) atoms. The molecule has 136 valence electrons. The van der Waals surface area contributed by atoms with E-state index in [1.807, 2.05) is 67.6 Å². The summed E-state index contributed by atoms with van der Waals surface area (Å²) in [5.74, 6) is 0.883. The van der Waals surface area contributed by atoms with Gasteiger partial charge in [0, 0.05) is 11.9 Å². The number of benzene rings is 2. The van der Waals surface area contributed by atoms with E-state index < -0.39 is 0 Å². The lowest BCUT2D eigenvalue weighted by Gasteiger charge is -2.10. The molecule has 4 aromatic rings. The second kappa shape index (κ2) is 6.42. The molecule has 1 aliphatic rings. The summed E-state index contributed by atoms with van der Waals surface area (Å²) in [5, 5.41) is 6.02. The van der Waals surface area contributed by atoms with Gasteiger partial charge in [0.25, 0.3) is 5.91 Å². The van der Waals surface area contributed by atoms with Crippen molar-refractivity contribution in [2.45, 2.75) is 13.3 Å². The van der Waals surface area contributed by atoms with E-state index in [0.717, 1.165) is 39.5 Å². The molecule has 0 aliphatic carbocycles. The Hall–Kier alpha value is -3.80. The first-order chi connectivity index (χ1) is 13.7. The predicted octanol–water partition coefficient (Wildman–Crippen LogP) is 3.87. The van der Waals surface area contributed by atoms with Crippen LogP contribution in [0, 0.1) is 6.92 Å². The fourth-order valence-electron chi connectivity index (χ4n) is 3.54. The SMILES string of the molecule is Cc1nc2cnccc2n1-c1ccc(C2=NN(c3ccccc3)C(=O)C2)cc1. The van der Waals surface area contributed by atoms with Crippen molar-refractivity contribution in [3.05, 3.63) is 84.4 Å². The van der Waals surface area contributed by atoms with Crippen molar-refractivity contribution in [2.75, 3.05) is 5.01 Å². The van der Waals surface area contributed by atoms with Gasteiger partial charge in [-0.1, -0.05) is 30.3 Å². The number of nitrogens with zero attached hydrogens (tertiary/aromatic N) is 5. The zero-order chi connectivity index (χ0) is 19.1. The third-order valence-corrected chi connectivity index (χ3v) is 4.86. The number of amides is 1. The highest BCUT2D eigenvalue weighted by atomic mass is 16.2. The van der Waals surface area contributed by atoms with Gasteiger partial charge in [-0.3, -0.25) is 14.3 Å². The van der Waals surface area contributed by atoms with E-state index in [0.29, 0.717) is 6.42 Å². The van der Waals surface area contributed by atoms with Gasteiger partial charge < -0.3 is 0 Å². The van der Waals surface area contributed by atoms with Gasteiger partial charge in [-0.2, -0.15) is 5.10 Å². The molecule has 5 rings (SSSR count). The smallest absolute Gasteiger partial charge is 0.253 e. The summed E-state index contributed by atoms with van der Waals surface area (Å²) in [6.45, 7) is 1.98. The number of anilines is 1. The van der Waals surface area contributed by atoms with Crippen molar-refractivity contribution >= 4 is 28.3 Å². The van der Waals surface area contributed by atoms with Gasteiger partial charge >= 0.3 is 0 Å². The number of hydrazone groups is 1. The number of hydrogen-bond acceptors (Lipinski definition) is 4. The Morgan fingerprint density at radius 3 is 2.50 bits per heavy atom. The van der Waals surface area contributed by atoms with Crippen LogP contribution in [-0.4, -0.2) is 26.2 Å². The van der Waals surface area contributed by atoms with Crippen LogP contribution in [0.2, 0.25) is 0 Å². The fraction of sp³-hybridized carbons (Fsp3) is 0.0909. The maximum atomic E-state index is 12.4. The van der Waals surface area contributed by atoms with Crippen LogP contribution in [0.1, 0.15) is 17.8 Å². The lowest BCUT2D eigenvalue weighted by molar-refractivity contribution is -0.116. The van der Waals surface area contributed by atoms with Crippen LogP contribution in [0.5, 0.6) is 0 Å². The molecule has 0 atom stereocenters. The van der Waals surface area contributed by atoms with Crippen LogP contribution in [0.15, 0.2) is 78.2 Å². The second-order valence-electron chi connectivity index (χ2n) is 6.67. The van der Waals surface area contributed by atoms with Gasteiger partial charge in [-0.25, -0.2) is 9.99 Å². The average molecular weight is 367 g/mol. The van der Waals surface area contributed by atoms with Gasteiger partial charge in [0.2, 0.25) is 0 Å². The van der Waals surface area contributed by atoms with Crippen molar-refractivity contribution < 1.29 is 4.79 Å². The maximum absolute atomic E-state index is 12.4. The Morgan fingerprint density at radius 1 is 0.929 bits per heavy atom. The van der Waals surface area contributed by atoms with E-state index in [1.165, 1.54) is 5.01 Å². The summed E-state index contributed by atoms with van der Waals surface area (Å²) in [7, 11) is 0. The normalized spacial score (nSPS) is 14.0. The number of pyridine rings is 1. The lowest BCUT2D eigenvalue weighted by atomic mass is 10.1. The minimum Gasteiger partial charge on any atom is -0.296 e. The summed E-state index contributed by atoms with van der Waals surface area (Å²) in [5.41, 5.74) is 5.40. The highest BCUT2D eigenvalue weighted by Gasteiger charge is 2.26. The topological polar surface area (TPSA) is 63.4 Å². The summed E-state index contributed by atoms with van der Waals surface area (Å²) in [6.07, 6.45) is 3.84. The first kappa shape index (κ1) is 16.4. The summed E-state index contributed by atoms with van der Waals surface area (Å²) < 4.78 is 2.10. The van der Waals surface area contributed by atoms with Gasteiger partial charge in [0.15, 0.2) is 0 Å². The molecule has 1 amide bonds. The van der Waals surface area contributed by atoms with Crippen LogP contribution in [0.4, 0.5) is 5.69 Å². The minimum absolute atomic E-state index is 0.0192. The van der Waals surface area contributed by atoms with Crippen molar-refractivity contribution in [2.24, 2.45) is 5.10 Å². The van der Waals surface area contributed by atoms with Crippen LogP contribution in [-0.2, 0) is 4.79 Å². The third-order valence-electron chi connectivity index (χ3n) is 4.86. The Balaban J connectivity index is 1.49. The van der Waals surface area contributed by atoms with Gasteiger partial charge in [0.05, 0.1) is 29.5 Å². The van der Waals surface area contributed by atoms with Crippen LogP contribution < -0.4 is 5.01 Å². The number of fused-ring (bicyclic) bond motifs is 1. The maximum Gasteiger partial charge on any atom is 0.253 e. The van der Waals surface area contributed by atoms with E-state index >= 15 is 0 Å². The fourth-order valence-corrected chi connectivity index (χ4v) is 3.54. The van der Waals surface area contributed by atoms with Crippen molar-refractivity contribution in [3.8, 4) is 5.69 Å². The quantitative estimate of drug-likeness (QED) is 0.552. The lowest BCUT2D eigenvalue weighted by Crippen LogP contribution is -2.19. The zero-order valence-corrected chi connectivity index (χ0v) is 15.3. The molecule has 0 saturated carbocycles. The third kappa shape index (κ3) is 2.66. The molecule has 3 heterocycles. The Bertz CT molecular complexity index is 1210. The number of hydrogen-bond donors (Lipinski definition) is 0. The highest BCUT2D eigenvalue weighted by molar-refractivity contribution is 6.19. The minimum atomic E-state index is -0.0192. The molecule has 0 spiro atoms. The van der Waals surface area contributed by atoms with E-state index in [-0.39, 0.29) is 5.91 Å². The summed E-state index contributed by atoms with van der Waals surface area (Å²) in [6, 6.07) is 19.5. The molecule has 6 heteroatoms. The molecular formula is C22H17N5O. The Morgan fingerprint density at radius 2 is 1.71 bits per heavy atom. The molecule has 0 fully saturated rings. The molecule has 0 N–H and O–H groups in total. The van der Waals surface area contributed by atoms with Crippen molar-refractivity contribution in [3.63, 3.8) is 0 Å². The number of para-hydroxylation sites is 1. The molecule has 0 unspecified atom stereocenters. The molecule has 0 saturated heterocycles. The summed E-state index contributed by atoms with van der Waals surface area (Å²) in [4.78, 5) is 21.1. The average Bonchev–Trinajstić information content (AvgIpc) is 3.28. The number of aryl methyl sites for hydroxylation is 1. The van der Waals surface area contributed by atoms with Gasteiger partial charge in [-0.15, -0.1) is 0 Å². The van der Waals surface area contributed by atoms with Gasteiger partial charge in [0.1, 0.15) is 11.3 Å². The molecule has 0 radical (unpaired) electrons. The number of aromatic nitrogens is 3. The number of carbonyl (C=O) groups excluding carboxylic acids is 1. The monoisotopic (exact) mass is 367 g/mol. The van der Waals surface area contributed by atoms with Gasteiger partial charge in [-0.05, 0) is 42.8 Å². The number of rotatable bonds is 3. The number of imidazole rings is 1. The number of carbonyl (C=O) groups is 1. The molecule has 6 nitrogen and oxygen atoms in total. The molecule has 2 aromatic heterocycles. The highest BCUT2D eigenvalue weighted by Crippen LogP contribution is 2.24. The molecule has 2 aromatic carbocycles. The second-order valence-corrected chi connectivity index (χ2v) is 6.67. The largest absolute Gasteiger partial charge is 0.296 e. The molecule has 1 aliphatic heterocycles. The van der Waals surface area contributed by atoms with Crippen LogP contribution >= 0.6 is 0 Å².